The van der Waals surface area contributed by atoms with Gasteiger partial charge >= 0.3 is 0 Å². The Bertz CT molecular complexity index is 652. The van der Waals surface area contributed by atoms with E-state index in [1.165, 1.54) is 0 Å². The molecule has 2 aromatic rings. The van der Waals surface area contributed by atoms with Gasteiger partial charge in [0, 0.05) is 21.8 Å². The number of aryl methyl sites for hydroxylation is 1. The third kappa shape index (κ3) is 3.24. The summed E-state index contributed by atoms with van der Waals surface area (Å²) >= 11 is 3.36. The molecule has 1 amide bonds. The standard InChI is InChI=1S/C16H15BrN2O2/c1-11-3-2-4-15(18-11)21-14-9-19(10-14)16(20)12-5-7-13(17)8-6-12/h2-8,14H,9-10H2,1H3. The number of carbonyl (C=O) groups excluding carboxylic acids is 1. The predicted octanol–water partition coefficient (Wildman–Crippen LogP) is 3.06. The number of ether oxygens (including phenoxy) is 1. The first kappa shape index (κ1) is 14.1. The molecule has 0 bridgehead atoms. The lowest BCUT2D eigenvalue weighted by Crippen LogP contribution is -2.56. The van der Waals surface area contributed by atoms with Crippen LogP contribution in [0.15, 0.2) is 46.9 Å². The molecule has 0 unspecified atom stereocenters. The second kappa shape index (κ2) is 5.85. The van der Waals surface area contributed by atoms with Gasteiger partial charge in [-0.15, -0.1) is 0 Å². The summed E-state index contributed by atoms with van der Waals surface area (Å²) in [5.74, 6) is 0.662. The van der Waals surface area contributed by atoms with Crippen molar-refractivity contribution in [3.05, 3.63) is 58.2 Å². The number of amides is 1. The highest BCUT2D eigenvalue weighted by atomic mass is 79.9. The molecule has 0 N–H and O–H groups in total. The lowest BCUT2D eigenvalue weighted by molar-refractivity contribution is 0.0159. The Balaban J connectivity index is 1.56. The number of benzene rings is 1. The molecule has 0 spiro atoms. The van der Waals surface area contributed by atoms with Crippen molar-refractivity contribution >= 4 is 21.8 Å². The van der Waals surface area contributed by atoms with Crippen molar-refractivity contribution in [1.82, 2.24) is 9.88 Å². The largest absolute Gasteiger partial charge is 0.471 e. The third-order valence-electron chi connectivity index (χ3n) is 3.38. The van der Waals surface area contributed by atoms with Crippen LogP contribution in [0.2, 0.25) is 0 Å². The van der Waals surface area contributed by atoms with E-state index in [1.807, 2.05) is 49.4 Å². The van der Waals surface area contributed by atoms with Crippen molar-refractivity contribution in [2.24, 2.45) is 0 Å². The first-order chi connectivity index (χ1) is 10.1. The molecule has 0 saturated carbocycles. The molecular weight excluding hydrogens is 332 g/mol. The van der Waals surface area contributed by atoms with Gasteiger partial charge in [-0.3, -0.25) is 4.79 Å². The van der Waals surface area contributed by atoms with Gasteiger partial charge in [-0.05, 0) is 37.3 Å². The molecule has 1 aliphatic rings. The Morgan fingerprint density at radius 2 is 1.95 bits per heavy atom. The monoisotopic (exact) mass is 346 g/mol. The Hall–Kier alpha value is -1.88. The van der Waals surface area contributed by atoms with Crippen LogP contribution in [0.25, 0.3) is 0 Å². The number of carbonyl (C=O) groups is 1. The van der Waals surface area contributed by atoms with Crippen LogP contribution in [0.5, 0.6) is 5.88 Å². The second-order valence-corrected chi connectivity index (χ2v) is 5.99. The van der Waals surface area contributed by atoms with Gasteiger partial charge in [-0.1, -0.05) is 22.0 Å². The minimum absolute atomic E-state index is 0.0266. The van der Waals surface area contributed by atoms with Crippen molar-refractivity contribution < 1.29 is 9.53 Å². The number of rotatable bonds is 3. The lowest BCUT2D eigenvalue weighted by atomic mass is 10.1. The zero-order valence-corrected chi connectivity index (χ0v) is 13.2. The summed E-state index contributed by atoms with van der Waals surface area (Å²) in [5.41, 5.74) is 1.62. The maximum Gasteiger partial charge on any atom is 0.254 e. The molecule has 1 fully saturated rings. The van der Waals surface area contributed by atoms with E-state index in [1.54, 1.807) is 4.90 Å². The van der Waals surface area contributed by atoms with Gasteiger partial charge in [0.1, 0.15) is 6.10 Å². The van der Waals surface area contributed by atoms with Crippen molar-refractivity contribution in [2.45, 2.75) is 13.0 Å². The molecule has 1 saturated heterocycles. The zero-order valence-electron chi connectivity index (χ0n) is 11.6. The van der Waals surface area contributed by atoms with E-state index in [-0.39, 0.29) is 12.0 Å². The number of hydrogen-bond donors (Lipinski definition) is 0. The summed E-state index contributed by atoms with van der Waals surface area (Å²) in [7, 11) is 0. The number of halogens is 1. The second-order valence-electron chi connectivity index (χ2n) is 5.07. The van der Waals surface area contributed by atoms with Crippen molar-refractivity contribution in [1.29, 1.82) is 0 Å². The van der Waals surface area contributed by atoms with Crippen LogP contribution in [0, 0.1) is 6.92 Å². The summed E-state index contributed by atoms with van der Waals surface area (Å²) in [6.45, 7) is 3.13. The van der Waals surface area contributed by atoms with Crippen molar-refractivity contribution in [3.8, 4) is 5.88 Å². The number of pyridine rings is 1. The van der Waals surface area contributed by atoms with Gasteiger partial charge in [-0.25, -0.2) is 4.98 Å². The summed E-state index contributed by atoms with van der Waals surface area (Å²) in [6.07, 6.45) is 0.0266. The van der Waals surface area contributed by atoms with Crippen LogP contribution in [-0.4, -0.2) is 35.0 Å². The van der Waals surface area contributed by atoms with Gasteiger partial charge < -0.3 is 9.64 Å². The Labute approximate surface area is 131 Å². The maximum atomic E-state index is 12.2. The SMILES string of the molecule is Cc1cccc(OC2CN(C(=O)c3ccc(Br)cc3)C2)n1. The number of likely N-dealkylation sites (tertiary alicyclic amines) is 1. The van der Waals surface area contributed by atoms with E-state index in [2.05, 4.69) is 20.9 Å². The average molecular weight is 347 g/mol. The Morgan fingerprint density at radius 3 is 2.62 bits per heavy atom. The van der Waals surface area contributed by atoms with Crippen LogP contribution in [0.1, 0.15) is 16.1 Å². The highest BCUT2D eigenvalue weighted by molar-refractivity contribution is 9.10. The summed E-state index contributed by atoms with van der Waals surface area (Å²) < 4.78 is 6.72. The molecular formula is C16H15BrN2O2. The smallest absolute Gasteiger partial charge is 0.254 e. The Kier molecular flexibility index (Phi) is 3.92. The fourth-order valence-electron chi connectivity index (χ4n) is 2.21. The van der Waals surface area contributed by atoms with Gasteiger partial charge in [-0.2, -0.15) is 0 Å². The number of nitrogens with zero attached hydrogens (tertiary/aromatic N) is 2. The van der Waals surface area contributed by atoms with Crippen LogP contribution in [-0.2, 0) is 0 Å². The van der Waals surface area contributed by atoms with Crippen LogP contribution in [0.4, 0.5) is 0 Å². The summed E-state index contributed by atoms with van der Waals surface area (Å²) in [6, 6.07) is 13.1. The minimum atomic E-state index is 0.0266. The lowest BCUT2D eigenvalue weighted by Gasteiger charge is -2.38. The number of aromatic nitrogens is 1. The molecule has 0 radical (unpaired) electrons. The van der Waals surface area contributed by atoms with Gasteiger partial charge in [0.15, 0.2) is 0 Å². The van der Waals surface area contributed by atoms with Crippen LogP contribution < -0.4 is 4.74 Å². The zero-order chi connectivity index (χ0) is 14.8. The Morgan fingerprint density at radius 1 is 1.24 bits per heavy atom. The first-order valence-electron chi connectivity index (χ1n) is 6.77. The van der Waals surface area contributed by atoms with E-state index >= 15 is 0 Å². The average Bonchev–Trinajstić information content (AvgIpc) is 2.42. The van der Waals surface area contributed by atoms with E-state index in [9.17, 15) is 4.79 Å². The van der Waals surface area contributed by atoms with E-state index in [0.717, 1.165) is 10.2 Å². The highest BCUT2D eigenvalue weighted by Gasteiger charge is 2.33. The predicted molar refractivity (Wildman–Crippen MR) is 83.4 cm³/mol. The fourth-order valence-corrected chi connectivity index (χ4v) is 2.47. The third-order valence-corrected chi connectivity index (χ3v) is 3.91. The molecule has 108 valence electrons. The van der Waals surface area contributed by atoms with Gasteiger partial charge in [0.05, 0.1) is 13.1 Å². The molecule has 5 heteroatoms. The quantitative estimate of drug-likeness (QED) is 0.857. The first-order valence-corrected chi connectivity index (χ1v) is 7.56. The van der Waals surface area contributed by atoms with Crippen LogP contribution in [0.3, 0.4) is 0 Å². The maximum absolute atomic E-state index is 12.2. The molecule has 1 aliphatic heterocycles. The van der Waals surface area contributed by atoms with Crippen LogP contribution >= 0.6 is 15.9 Å². The highest BCUT2D eigenvalue weighted by Crippen LogP contribution is 2.19. The number of hydrogen-bond acceptors (Lipinski definition) is 3. The van der Waals surface area contributed by atoms with Crippen molar-refractivity contribution in [3.63, 3.8) is 0 Å². The molecule has 3 rings (SSSR count). The molecule has 2 heterocycles. The summed E-state index contributed by atoms with van der Waals surface area (Å²) in [4.78, 5) is 18.3. The van der Waals surface area contributed by atoms with E-state index in [4.69, 9.17) is 4.74 Å². The normalized spacial score (nSPS) is 14.7. The van der Waals surface area contributed by atoms with Gasteiger partial charge in [0.2, 0.25) is 5.88 Å². The molecule has 0 aliphatic carbocycles. The molecule has 4 nitrogen and oxygen atoms in total. The van der Waals surface area contributed by atoms with E-state index in [0.29, 0.717) is 24.5 Å². The molecule has 1 aromatic heterocycles. The molecule has 0 atom stereocenters. The fraction of sp³-hybridized carbons (Fsp3) is 0.250. The van der Waals surface area contributed by atoms with Crippen molar-refractivity contribution in [2.75, 3.05) is 13.1 Å². The topological polar surface area (TPSA) is 42.4 Å². The molecule has 21 heavy (non-hydrogen) atoms. The van der Waals surface area contributed by atoms with E-state index < -0.39 is 0 Å². The molecule has 1 aromatic carbocycles. The minimum Gasteiger partial charge on any atom is -0.471 e. The summed E-state index contributed by atoms with van der Waals surface area (Å²) in [5, 5.41) is 0. The van der Waals surface area contributed by atoms with Gasteiger partial charge in [0.25, 0.3) is 5.91 Å².